The highest BCUT2D eigenvalue weighted by atomic mass is 16.5. The zero-order valence-corrected chi connectivity index (χ0v) is 9.53. The van der Waals surface area contributed by atoms with E-state index in [-0.39, 0.29) is 18.1 Å². The van der Waals surface area contributed by atoms with Crippen LogP contribution in [0.2, 0.25) is 0 Å². The van der Waals surface area contributed by atoms with Gasteiger partial charge in [0.2, 0.25) is 5.95 Å². The Morgan fingerprint density at radius 1 is 1.35 bits per heavy atom. The monoisotopic (exact) mass is 235 g/mol. The summed E-state index contributed by atoms with van der Waals surface area (Å²) in [4.78, 5) is 12.2. The van der Waals surface area contributed by atoms with E-state index < -0.39 is 0 Å². The van der Waals surface area contributed by atoms with Gasteiger partial charge in [0, 0.05) is 12.4 Å². The molecule has 0 aliphatic carbocycles. The molecule has 0 saturated carbocycles. The van der Waals surface area contributed by atoms with Crippen LogP contribution >= 0.6 is 0 Å². The minimum absolute atomic E-state index is 0.0338. The van der Waals surface area contributed by atoms with Crippen molar-refractivity contribution in [1.82, 2.24) is 24.7 Å². The van der Waals surface area contributed by atoms with Crippen LogP contribution in [-0.2, 0) is 0 Å². The number of nitrogens with zero attached hydrogens (tertiary/aromatic N) is 5. The number of hydrogen-bond acceptors (Lipinski definition) is 7. The van der Waals surface area contributed by atoms with Crippen molar-refractivity contribution in [3.05, 3.63) is 18.5 Å². The summed E-state index contributed by atoms with van der Waals surface area (Å²) in [7, 11) is 0. The normalized spacial score (nSPS) is 10.6. The van der Waals surface area contributed by atoms with Gasteiger partial charge in [0.05, 0.1) is 6.10 Å². The van der Waals surface area contributed by atoms with Gasteiger partial charge in [-0.3, -0.25) is 5.43 Å². The molecule has 0 amide bonds. The summed E-state index contributed by atoms with van der Waals surface area (Å²) in [5, 5.41) is 4.02. The van der Waals surface area contributed by atoms with Crippen molar-refractivity contribution < 1.29 is 4.74 Å². The third kappa shape index (κ3) is 2.67. The van der Waals surface area contributed by atoms with Gasteiger partial charge >= 0.3 is 6.01 Å². The molecule has 2 rings (SSSR count). The Labute approximate surface area is 97.8 Å². The first-order chi connectivity index (χ1) is 8.19. The predicted molar refractivity (Wildman–Crippen MR) is 60.5 cm³/mol. The molecule has 0 bridgehead atoms. The van der Waals surface area contributed by atoms with E-state index in [1.54, 1.807) is 18.5 Å². The lowest BCUT2D eigenvalue weighted by molar-refractivity contribution is 0.221. The van der Waals surface area contributed by atoms with Crippen molar-refractivity contribution >= 4 is 5.95 Å². The van der Waals surface area contributed by atoms with Gasteiger partial charge < -0.3 is 4.74 Å². The van der Waals surface area contributed by atoms with Crippen LogP contribution in [-0.4, -0.2) is 30.8 Å². The molecule has 0 aromatic carbocycles. The highest BCUT2D eigenvalue weighted by Crippen LogP contribution is 2.10. The molecule has 0 saturated heterocycles. The molecule has 0 atom stereocenters. The third-order valence-electron chi connectivity index (χ3n) is 1.78. The number of nitrogens with two attached hydrogens (primary N) is 1. The average molecular weight is 235 g/mol. The van der Waals surface area contributed by atoms with E-state index in [4.69, 9.17) is 10.6 Å². The zero-order chi connectivity index (χ0) is 12.3. The number of nitrogen functional groups attached to an aromatic ring is 1. The summed E-state index contributed by atoms with van der Waals surface area (Å²) in [5.74, 6) is 5.85. The van der Waals surface area contributed by atoms with Gasteiger partial charge in [-0.05, 0) is 19.9 Å². The number of nitrogens with one attached hydrogen (secondary N) is 1. The fourth-order valence-corrected chi connectivity index (χ4v) is 1.16. The Morgan fingerprint density at radius 2 is 2.18 bits per heavy atom. The maximum Gasteiger partial charge on any atom is 0.323 e. The number of aromatic nitrogens is 5. The van der Waals surface area contributed by atoms with Crippen molar-refractivity contribution in [2.45, 2.75) is 20.0 Å². The second-order valence-corrected chi connectivity index (χ2v) is 3.50. The topological polar surface area (TPSA) is 104 Å². The Morgan fingerprint density at radius 3 is 2.76 bits per heavy atom. The molecule has 2 aromatic rings. The summed E-state index contributed by atoms with van der Waals surface area (Å²) in [5.41, 5.74) is 2.36. The number of hydrazine groups is 1. The molecule has 17 heavy (non-hydrogen) atoms. The Balaban J connectivity index is 2.38. The Kier molecular flexibility index (Phi) is 3.15. The van der Waals surface area contributed by atoms with Crippen molar-refractivity contribution in [3.63, 3.8) is 0 Å². The van der Waals surface area contributed by atoms with Crippen molar-refractivity contribution in [3.8, 4) is 12.0 Å². The van der Waals surface area contributed by atoms with E-state index in [9.17, 15) is 0 Å². The van der Waals surface area contributed by atoms with Gasteiger partial charge in [-0.1, -0.05) is 0 Å². The van der Waals surface area contributed by atoms with Gasteiger partial charge in [-0.15, -0.1) is 0 Å². The fraction of sp³-hybridized carbons (Fsp3) is 0.333. The molecular formula is C9H13N7O. The van der Waals surface area contributed by atoms with Crippen LogP contribution in [0.1, 0.15) is 13.8 Å². The molecule has 0 aliphatic heterocycles. The van der Waals surface area contributed by atoms with Gasteiger partial charge in [-0.2, -0.15) is 20.1 Å². The number of rotatable bonds is 4. The molecule has 90 valence electrons. The third-order valence-corrected chi connectivity index (χ3v) is 1.78. The molecule has 0 spiro atoms. The van der Waals surface area contributed by atoms with Gasteiger partial charge in [0.1, 0.15) is 0 Å². The number of ether oxygens (including phenoxy) is 1. The minimum Gasteiger partial charge on any atom is -0.461 e. The van der Waals surface area contributed by atoms with Crippen LogP contribution in [0, 0.1) is 0 Å². The molecule has 0 fully saturated rings. The molecule has 8 heteroatoms. The van der Waals surface area contributed by atoms with Gasteiger partial charge in [-0.25, -0.2) is 10.5 Å². The first kappa shape index (κ1) is 11.3. The highest BCUT2D eigenvalue weighted by Gasteiger charge is 2.09. The summed E-state index contributed by atoms with van der Waals surface area (Å²) >= 11 is 0. The lowest BCUT2D eigenvalue weighted by atomic mass is 10.5. The van der Waals surface area contributed by atoms with Gasteiger partial charge in [0.25, 0.3) is 5.95 Å². The summed E-state index contributed by atoms with van der Waals surface area (Å²) < 4.78 is 6.89. The summed E-state index contributed by atoms with van der Waals surface area (Å²) in [6, 6.07) is 1.97. The molecule has 3 N–H and O–H groups in total. The predicted octanol–water partition coefficient (Wildman–Crippen LogP) is 0.130. The molecule has 0 aliphatic rings. The Bertz CT molecular complexity index is 482. The molecule has 0 radical (unpaired) electrons. The summed E-state index contributed by atoms with van der Waals surface area (Å²) in [6.07, 6.45) is 3.31. The molecule has 2 heterocycles. The number of anilines is 1. The average Bonchev–Trinajstić information content (AvgIpc) is 2.81. The fourth-order valence-electron chi connectivity index (χ4n) is 1.16. The van der Waals surface area contributed by atoms with Crippen LogP contribution in [0.5, 0.6) is 6.01 Å². The lowest BCUT2D eigenvalue weighted by Crippen LogP contribution is -2.16. The van der Waals surface area contributed by atoms with Crippen LogP contribution in [0.4, 0.5) is 5.95 Å². The van der Waals surface area contributed by atoms with E-state index in [2.05, 4.69) is 25.5 Å². The van der Waals surface area contributed by atoms with E-state index >= 15 is 0 Å². The van der Waals surface area contributed by atoms with E-state index in [1.807, 2.05) is 13.8 Å². The lowest BCUT2D eigenvalue weighted by Gasteiger charge is -2.09. The second kappa shape index (κ2) is 4.74. The molecular weight excluding hydrogens is 222 g/mol. The number of hydrogen-bond donors (Lipinski definition) is 2. The zero-order valence-electron chi connectivity index (χ0n) is 9.53. The molecule has 0 unspecified atom stereocenters. The van der Waals surface area contributed by atoms with E-state index in [0.717, 1.165) is 0 Å². The van der Waals surface area contributed by atoms with Crippen LogP contribution < -0.4 is 16.0 Å². The first-order valence-corrected chi connectivity index (χ1v) is 5.08. The smallest absolute Gasteiger partial charge is 0.323 e. The maximum absolute atomic E-state index is 5.40. The second-order valence-electron chi connectivity index (χ2n) is 3.50. The maximum atomic E-state index is 5.40. The minimum atomic E-state index is -0.0338. The van der Waals surface area contributed by atoms with Crippen LogP contribution in [0.3, 0.4) is 0 Å². The van der Waals surface area contributed by atoms with E-state index in [1.165, 1.54) is 4.68 Å². The van der Waals surface area contributed by atoms with Crippen molar-refractivity contribution in [2.24, 2.45) is 5.84 Å². The van der Waals surface area contributed by atoms with Crippen molar-refractivity contribution in [1.29, 1.82) is 0 Å². The Hall–Kier alpha value is -2.22. The molecule has 8 nitrogen and oxygen atoms in total. The molecule has 2 aromatic heterocycles. The standard InChI is InChI=1S/C9H13N7O/c1-6(2)17-9-13-7(15-10)12-8(14-9)16-5-3-4-11-16/h3-6H,10H2,1-2H3,(H,12,13,14,15). The van der Waals surface area contributed by atoms with Crippen LogP contribution in [0.15, 0.2) is 18.5 Å². The van der Waals surface area contributed by atoms with Gasteiger partial charge in [0.15, 0.2) is 0 Å². The van der Waals surface area contributed by atoms with Crippen LogP contribution in [0.25, 0.3) is 5.95 Å². The van der Waals surface area contributed by atoms with Crippen molar-refractivity contribution in [2.75, 3.05) is 5.43 Å². The highest BCUT2D eigenvalue weighted by molar-refractivity contribution is 5.28. The quantitative estimate of drug-likeness (QED) is 0.573. The SMILES string of the molecule is CC(C)Oc1nc(NN)nc(-n2cccn2)n1. The summed E-state index contributed by atoms with van der Waals surface area (Å²) in [6.45, 7) is 3.76. The first-order valence-electron chi connectivity index (χ1n) is 5.08. The van der Waals surface area contributed by atoms with E-state index in [0.29, 0.717) is 5.95 Å². The largest absolute Gasteiger partial charge is 0.461 e.